The fourth-order valence-electron chi connectivity index (χ4n) is 7.68. The number of methoxy groups -OCH3 is 3. The lowest BCUT2D eigenvalue weighted by atomic mass is 9.75. The number of carbonyl (C=O) groups excluding carboxylic acids is 1. The molecule has 1 aromatic heterocycles. The standard InChI is InChI=1S/C39H50FN5O5/c1-5-50-23-22-45-33-9-7-6-8-32(33)43-38(45)42-30-16-19-44(20-17-30)21-18-39(25-27-10-13-29(40)14-11-27)26-31(41-37(39)46)24-28-12-15-34(47-2)36(49-4)35(28)48-3/h6-15,30-31H,5,16-26H2,1-4H3,(H,41,46)(H,42,43). The summed E-state index contributed by atoms with van der Waals surface area (Å²) in [6.07, 6.45) is 4.47. The van der Waals surface area contributed by atoms with Gasteiger partial charge in [0.05, 0.1) is 44.4 Å². The Morgan fingerprint density at radius 1 is 0.960 bits per heavy atom. The lowest BCUT2D eigenvalue weighted by Gasteiger charge is -2.35. The number of halogens is 1. The summed E-state index contributed by atoms with van der Waals surface area (Å²) in [5.74, 6) is 2.40. The lowest BCUT2D eigenvalue weighted by Crippen LogP contribution is -2.43. The Bertz CT molecular complexity index is 1740. The highest BCUT2D eigenvalue weighted by Gasteiger charge is 2.47. The van der Waals surface area contributed by atoms with Gasteiger partial charge in [-0.2, -0.15) is 0 Å². The van der Waals surface area contributed by atoms with Crippen LogP contribution in [-0.4, -0.2) is 86.6 Å². The normalized spacial score (nSPS) is 19.9. The number of benzene rings is 3. The number of anilines is 1. The van der Waals surface area contributed by atoms with Gasteiger partial charge in [0, 0.05) is 43.9 Å². The second-order valence-electron chi connectivity index (χ2n) is 13.4. The maximum absolute atomic E-state index is 14.0. The quantitative estimate of drug-likeness (QED) is 0.141. The van der Waals surface area contributed by atoms with E-state index in [2.05, 4.69) is 32.2 Å². The summed E-state index contributed by atoms with van der Waals surface area (Å²) in [6.45, 7) is 6.75. The summed E-state index contributed by atoms with van der Waals surface area (Å²) in [5, 5.41) is 7.05. The van der Waals surface area contributed by atoms with Gasteiger partial charge < -0.3 is 39.0 Å². The number of imidazole rings is 1. The van der Waals surface area contributed by atoms with E-state index in [1.54, 1.807) is 33.5 Å². The fraction of sp³-hybridized carbons (Fsp3) is 0.487. The Balaban J connectivity index is 1.12. The van der Waals surface area contributed by atoms with E-state index in [0.717, 1.165) is 67.1 Å². The summed E-state index contributed by atoms with van der Waals surface area (Å²) in [5.41, 5.74) is 3.37. The third-order valence-corrected chi connectivity index (χ3v) is 10.3. The SMILES string of the molecule is CCOCCn1c(NC2CCN(CCC3(Cc4ccc(F)cc4)CC(Cc4ccc(OC)c(OC)c4OC)NC3=O)CC2)nc2ccccc21. The first kappa shape index (κ1) is 35.5. The first-order valence-electron chi connectivity index (χ1n) is 17.7. The lowest BCUT2D eigenvalue weighted by molar-refractivity contribution is -0.128. The second-order valence-corrected chi connectivity index (χ2v) is 13.4. The van der Waals surface area contributed by atoms with Gasteiger partial charge in [-0.1, -0.05) is 30.3 Å². The number of para-hydroxylation sites is 2. The van der Waals surface area contributed by atoms with Crippen molar-refractivity contribution in [3.05, 3.63) is 77.6 Å². The van der Waals surface area contributed by atoms with Crippen molar-refractivity contribution in [1.29, 1.82) is 0 Å². The predicted octanol–water partition coefficient (Wildman–Crippen LogP) is 5.86. The van der Waals surface area contributed by atoms with Crippen LogP contribution >= 0.6 is 0 Å². The van der Waals surface area contributed by atoms with Crippen molar-refractivity contribution in [2.24, 2.45) is 5.41 Å². The van der Waals surface area contributed by atoms with Crippen LogP contribution in [0.3, 0.4) is 0 Å². The van der Waals surface area contributed by atoms with E-state index in [1.165, 1.54) is 12.1 Å². The number of ether oxygens (including phenoxy) is 4. The molecule has 2 aliphatic rings. The van der Waals surface area contributed by atoms with E-state index in [1.807, 2.05) is 31.2 Å². The van der Waals surface area contributed by atoms with Crippen molar-refractivity contribution in [2.75, 3.05) is 59.5 Å². The van der Waals surface area contributed by atoms with Gasteiger partial charge in [0.2, 0.25) is 17.6 Å². The predicted molar refractivity (Wildman–Crippen MR) is 193 cm³/mol. The molecular formula is C39H50FN5O5. The smallest absolute Gasteiger partial charge is 0.226 e. The molecule has 3 heterocycles. The monoisotopic (exact) mass is 687 g/mol. The Hall–Kier alpha value is -4.35. The van der Waals surface area contributed by atoms with Crippen molar-refractivity contribution < 1.29 is 28.1 Å². The molecule has 2 aliphatic heterocycles. The molecule has 2 fully saturated rings. The van der Waals surface area contributed by atoms with Crippen molar-refractivity contribution >= 4 is 22.9 Å². The van der Waals surface area contributed by atoms with Crippen LogP contribution in [0.4, 0.5) is 10.3 Å². The van der Waals surface area contributed by atoms with E-state index in [4.69, 9.17) is 23.9 Å². The van der Waals surface area contributed by atoms with Crippen LogP contribution in [0, 0.1) is 11.2 Å². The molecule has 1 amide bonds. The molecule has 0 saturated carbocycles. The largest absolute Gasteiger partial charge is 0.493 e. The molecule has 268 valence electrons. The van der Waals surface area contributed by atoms with Gasteiger partial charge in [-0.15, -0.1) is 0 Å². The first-order chi connectivity index (χ1) is 24.4. The molecular weight excluding hydrogens is 637 g/mol. The molecule has 2 atom stereocenters. The first-order valence-corrected chi connectivity index (χ1v) is 17.7. The Morgan fingerprint density at radius 3 is 2.44 bits per heavy atom. The van der Waals surface area contributed by atoms with Gasteiger partial charge in [-0.3, -0.25) is 4.79 Å². The third kappa shape index (κ3) is 7.84. The van der Waals surface area contributed by atoms with Gasteiger partial charge in [0.15, 0.2) is 11.5 Å². The zero-order valence-electron chi connectivity index (χ0n) is 29.7. The maximum Gasteiger partial charge on any atom is 0.226 e. The number of carbonyl (C=O) groups is 1. The third-order valence-electron chi connectivity index (χ3n) is 10.3. The van der Waals surface area contributed by atoms with Crippen molar-refractivity contribution in [3.63, 3.8) is 0 Å². The summed E-state index contributed by atoms with van der Waals surface area (Å²) < 4.78 is 38.6. The summed E-state index contributed by atoms with van der Waals surface area (Å²) in [7, 11) is 4.80. The Labute approximate surface area is 294 Å². The summed E-state index contributed by atoms with van der Waals surface area (Å²) in [4.78, 5) is 21.4. The van der Waals surface area contributed by atoms with E-state index >= 15 is 0 Å². The number of aromatic nitrogens is 2. The van der Waals surface area contributed by atoms with E-state index in [-0.39, 0.29) is 17.8 Å². The molecule has 0 spiro atoms. The van der Waals surface area contributed by atoms with Crippen LogP contribution < -0.4 is 24.8 Å². The number of nitrogens with one attached hydrogen (secondary N) is 2. The van der Waals surface area contributed by atoms with Crippen LogP contribution in [-0.2, 0) is 28.9 Å². The number of rotatable bonds is 16. The van der Waals surface area contributed by atoms with Crippen molar-refractivity contribution in [3.8, 4) is 17.2 Å². The van der Waals surface area contributed by atoms with Crippen LogP contribution in [0.2, 0.25) is 0 Å². The molecule has 6 rings (SSSR count). The number of nitrogens with zero attached hydrogens (tertiary/aromatic N) is 3. The van der Waals surface area contributed by atoms with E-state index in [9.17, 15) is 9.18 Å². The number of likely N-dealkylation sites (tertiary alicyclic amines) is 1. The topological polar surface area (TPSA) is 99.1 Å². The highest BCUT2D eigenvalue weighted by molar-refractivity contribution is 5.85. The van der Waals surface area contributed by atoms with Crippen molar-refractivity contribution in [2.45, 2.75) is 64.1 Å². The fourth-order valence-corrected chi connectivity index (χ4v) is 7.68. The molecule has 0 aliphatic carbocycles. The summed E-state index contributed by atoms with van der Waals surface area (Å²) >= 11 is 0. The van der Waals surface area contributed by atoms with Crippen LogP contribution in [0.1, 0.15) is 43.7 Å². The molecule has 0 radical (unpaired) electrons. The van der Waals surface area contributed by atoms with Gasteiger partial charge in [0.25, 0.3) is 0 Å². The molecule has 2 unspecified atom stereocenters. The van der Waals surface area contributed by atoms with E-state index < -0.39 is 5.41 Å². The zero-order valence-corrected chi connectivity index (χ0v) is 29.7. The maximum atomic E-state index is 14.0. The summed E-state index contributed by atoms with van der Waals surface area (Å²) in [6, 6.07) is 18.8. The molecule has 50 heavy (non-hydrogen) atoms. The molecule has 3 aromatic carbocycles. The number of amides is 1. The highest BCUT2D eigenvalue weighted by atomic mass is 19.1. The minimum Gasteiger partial charge on any atom is -0.493 e. The Kier molecular flexibility index (Phi) is 11.4. The number of fused-ring (bicyclic) bond motifs is 1. The van der Waals surface area contributed by atoms with Gasteiger partial charge in [-0.05, 0) is 87.9 Å². The Morgan fingerprint density at radius 2 is 1.72 bits per heavy atom. The van der Waals surface area contributed by atoms with Gasteiger partial charge in [-0.25, -0.2) is 9.37 Å². The number of piperidine rings is 1. The molecule has 4 aromatic rings. The van der Waals surface area contributed by atoms with Gasteiger partial charge >= 0.3 is 0 Å². The average molecular weight is 688 g/mol. The van der Waals surface area contributed by atoms with E-state index in [0.29, 0.717) is 62.2 Å². The molecule has 11 heteroatoms. The zero-order chi connectivity index (χ0) is 35.1. The second kappa shape index (κ2) is 16.1. The van der Waals surface area contributed by atoms with Crippen LogP contribution in [0.25, 0.3) is 11.0 Å². The van der Waals surface area contributed by atoms with Gasteiger partial charge in [0.1, 0.15) is 5.82 Å². The number of hydrogen-bond acceptors (Lipinski definition) is 8. The van der Waals surface area contributed by atoms with Crippen molar-refractivity contribution in [1.82, 2.24) is 19.8 Å². The molecule has 0 bridgehead atoms. The molecule has 2 N–H and O–H groups in total. The molecule has 10 nitrogen and oxygen atoms in total. The minimum absolute atomic E-state index is 0.0498. The van der Waals surface area contributed by atoms with Crippen LogP contribution in [0.15, 0.2) is 60.7 Å². The average Bonchev–Trinajstić information content (AvgIpc) is 3.63. The van der Waals surface area contributed by atoms with Crippen LogP contribution in [0.5, 0.6) is 17.2 Å². The minimum atomic E-state index is -0.618. The molecule has 2 saturated heterocycles. The highest BCUT2D eigenvalue weighted by Crippen LogP contribution is 2.43. The number of hydrogen-bond donors (Lipinski definition) is 2.